The third kappa shape index (κ3) is 2.41. The molecular weight excluding hydrogens is 226 g/mol. The fourth-order valence-electron chi connectivity index (χ4n) is 1.22. The second-order valence-corrected chi connectivity index (χ2v) is 5.15. The molecule has 0 aliphatic heterocycles. The third-order valence-electron chi connectivity index (χ3n) is 2.45. The van der Waals surface area contributed by atoms with Gasteiger partial charge in [-0.25, -0.2) is 4.79 Å². The minimum Gasteiger partial charge on any atom is -0.477 e. The Morgan fingerprint density at radius 3 is 2.38 bits per heavy atom. The van der Waals surface area contributed by atoms with Gasteiger partial charge in [0.25, 0.3) is 5.91 Å². The van der Waals surface area contributed by atoms with E-state index in [1.807, 2.05) is 13.8 Å². The van der Waals surface area contributed by atoms with Crippen LogP contribution in [0, 0.1) is 6.92 Å². The molecule has 0 aliphatic carbocycles. The van der Waals surface area contributed by atoms with Crippen molar-refractivity contribution < 1.29 is 14.7 Å². The molecule has 16 heavy (non-hydrogen) atoms. The highest BCUT2D eigenvalue weighted by atomic mass is 32.1. The Kier molecular flexibility index (Phi) is 3.70. The van der Waals surface area contributed by atoms with E-state index >= 15 is 0 Å². The first-order chi connectivity index (χ1) is 7.34. The van der Waals surface area contributed by atoms with Crippen LogP contribution in [0.1, 0.15) is 38.8 Å². The lowest BCUT2D eigenvalue weighted by atomic mass is 10.2. The number of carboxylic acids is 1. The largest absolute Gasteiger partial charge is 0.477 e. The van der Waals surface area contributed by atoms with Crippen LogP contribution in [-0.2, 0) is 0 Å². The number of carbonyl (C=O) groups excluding carboxylic acids is 1. The van der Waals surface area contributed by atoms with Gasteiger partial charge in [0.05, 0.1) is 5.56 Å². The fourth-order valence-corrected chi connectivity index (χ4v) is 2.07. The molecule has 4 nitrogen and oxygen atoms in total. The highest BCUT2D eigenvalue weighted by Crippen LogP contribution is 2.23. The first-order valence-electron chi connectivity index (χ1n) is 4.95. The molecule has 1 rings (SSSR count). The predicted octanol–water partition coefficient (Wildman–Crippen LogP) is 2.24. The van der Waals surface area contributed by atoms with E-state index in [2.05, 4.69) is 0 Å². The smallest absolute Gasteiger partial charge is 0.345 e. The molecule has 1 heterocycles. The number of hydrogen-bond donors (Lipinski definition) is 1. The maximum absolute atomic E-state index is 12.0. The Morgan fingerprint density at radius 1 is 1.44 bits per heavy atom. The molecule has 88 valence electrons. The summed E-state index contributed by atoms with van der Waals surface area (Å²) in [6.45, 7) is 5.59. The van der Waals surface area contributed by atoms with E-state index in [0.29, 0.717) is 5.56 Å². The summed E-state index contributed by atoms with van der Waals surface area (Å²) in [5.41, 5.74) is 0.485. The van der Waals surface area contributed by atoms with Gasteiger partial charge < -0.3 is 10.0 Å². The zero-order chi connectivity index (χ0) is 12.5. The van der Waals surface area contributed by atoms with Crippen LogP contribution >= 0.6 is 11.3 Å². The Morgan fingerprint density at radius 2 is 2.00 bits per heavy atom. The van der Waals surface area contributed by atoms with E-state index in [1.165, 1.54) is 6.07 Å². The van der Waals surface area contributed by atoms with Crippen molar-refractivity contribution in [1.29, 1.82) is 0 Å². The van der Waals surface area contributed by atoms with Crippen LogP contribution in [0.4, 0.5) is 0 Å². The molecule has 0 aromatic carbocycles. The topological polar surface area (TPSA) is 57.6 Å². The van der Waals surface area contributed by atoms with Crippen molar-refractivity contribution in [3.05, 3.63) is 21.4 Å². The Balaban J connectivity index is 3.05. The summed E-state index contributed by atoms with van der Waals surface area (Å²) in [6, 6.07) is 1.55. The summed E-state index contributed by atoms with van der Waals surface area (Å²) in [7, 11) is 1.71. The number of rotatable bonds is 3. The first kappa shape index (κ1) is 12.7. The number of aryl methyl sites for hydroxylation is 1. The highest BCUT2D eigenvalue weighted by molar-refractivity contribution is 7.14. The van der Waals surface area contributed by atoms with Gasteiger partial charge in [0.2, 0.25) is 0 Å². The van der Waals surface area contributed by atoms with E-state index in [4.69, 9.17) is 5.11 Å². The lowest BCUT2D eigenvalue weighted by Gasteiger charge is -2.21. The van der Waals surface area contributed by atoms with E-state index in [1.54, 1.807) is 18.9 Å². The Hall–Kier alpha value is -1.36. The number of thiophene rings is 1. The van der Waals surface area contributed by atoms with Crippen LogP contribution in [0.15, 0.2) is 6.07 Å². The minimum absolute atomic E-state index is 0.0973. The fraction of sp³-hybridized carbons (Fsp3) is 0.455. The zero-order valence-electron chi connectivity index (χ0n) is 9.77. The van der Waals surface area contributed by atoms with Crippen LogP contribution in [0.25, 0.3) is 0 Å². The van der Waals surface area contributed by atoms with E-state index < -0.39 is 5.97 Å². The van der Waals surface area contributed by atoms with Crippen LogP contribution in [0.3, 0.4) is 0 Å². The average molecular weight is 241 g/mol. The molecule has 1 aromatic rings. The standard InChI is InChI=1S/C11H15NO3S/c1-6(2)12(4)10(13)8-5-9(11(14)15)16-7(8)3/h5-6H,1-4H3,(H,14,15). The van der Waals surface area contributed by atoms with Gasteiger partial charge in [-0.05, 0) is 26.8 Å². The van der Waals surface area contributed by atoms with Gasteiger partial charge in [0.1, 0.15) is 4.88 Å². The van der Waals surface area contributed by atoms with Crippen molar-refractivity contribution in [2.24, 2.45) is 0 Å². The second-order valence-electron chi connectivity index (χ2n) is 3.90. The number of nitrogens with zero attached hydrogens (tertiary/aromatic N) is 1. The number of hydrogen-bond acceptors (Lipinski definition) is 3. The molecule has 0 aliphatic rings. The molecule has 0 unspecified atom stereocenters. The third-order valence-corrected chi connectivity index (χ3v) is 3.49. The molecule has 5 heteroatoms. The molecule has 1 amide bonds. The average Bonchev–Trinajstić information content (AvgIpc) is 2.58. The molecule has 1 N–H and O–H groups in total. The van der Waals surface area contributed by atoms with Gasteiger partial charge in [-0.3, -0.25) is 4.79 Å². The summed E-state index contributed by atoms with van der Waals surface area (Å²) >= 11 is 1.13. The molecule has 0 atom stereocenters. The van der Waals surface area contributed by atoms with Gasteiger partial charge in [-0.2, -0.15) is 0 Å². The monoisotopic (exact) mass is 241 g/mol. The van der Waals surface area contributed by atoms with Crippen molar-refractivity contribution in [3.63, 3.8) is 0 Å². The normalized spacial score (nSPS) is 10.6. The summed E-state index contributed by atoms with van der Waals surface area (Å²) in [6.07, 6.45) is 0. The molecule has 0 fully saturated rings. The van der Waals surface area contributed by atoms with E-state index in [9.17, 15) is 9.59 Å². The van der Waals surface area contributed by atoms with Gasteiger partial charge in [-0.1, -0.05) is 0 Å². The van der Waals surface area contributed by atoms with Crippen molar-refractivity contribution in [2.75, 3.05) is 7.05 Å². The summed E-state index contributed by atoms with van der Waals surface area (Å²) in [5.74, 6) is -1.12. The highest BCUT2D eigenvalue weighted by Gasteiger charge is 2.20. The maximum Gasteiger partial charge on any atom is 0.345 e. The van der Waals surface area contributed by atoms with Gasteiger partial charge in [0.15, 0.2) is 0 Å². The molecule has 0 saturated carbocycles. The van der Waals surface area contributed by atoms with Crippen molar-refractivity contribution in [3.8, 4) is 0 Å². The summed E-state index contributed by atoms with van der Waals surface area (Å²) < 4.78 is 0. The number of carbonyl (C=O) groups is 2. The van der Waals surface area contributed by atoms with Crippen LogP contribution < -0.4 is 0 Å². The van der Waals surface area contributed by atoms with Gasteiger partial charge >= 0.3 is 5.97 Å². The Labute approximate surface area is 98.5 Å². The predicted molar refractivity (Wildman–Crippen MR) is 63.2 cm³/mol. The Bertz CT molecular complexity index is 423. The molecule has 0 bridgehead atoms. The van der Waals surface area contributed by atoms with Gasteiger partial charge in [-0.15, -0.1) is 11.3 Å². The molecule has 0 spiro atoms. The SMILES string of the molecule is Cc1sc(C(=O)O)cc1C(=O)N(C)C(C)C. The quantitative estimate of drug-likeness (QED) is 0.882. The number of carboxylic acid groups (broad SMARTS) is 1. The van der Waals surface area contributed by atoms with Crippen molar-refractivity contribution in [2.45, 2.75) is 26.8 Å². The number of aromatic carboxylic acids is 1. The molecule has 0 radical (unpaired) electrons. The maximum atomic E-state index is 12.0. The first-order valence-corrected chi connectivity index (χ1v) is 5.77. The van der Waals surface area contributed by atoms with Crippen LogP contribution in [-0.4, -0.2) is 35.0 Å². The van der Waals surface area contributed by atoms with Crippen LogP contribution in [0.2, 0.25) is 0 Å². The lowest BCUT2D eigenvalue weighted by molar-refractivity contribution is 0.0702. The summed E-state index contributed by atoms with van der Waals surface area (Å²) in [5, 5.41) is 8.84. The molecule has 1 aromatic heterocycles. The summed E-state index contributed by atoms with van der Waals surface area (Å²) in [4.78, 5) is 25.3. The zero-order valence-corrected chi connectivity index (χ0v) is 10.6. The minimum atomic E-state index is -0.987. The van der Waals surface area contributed by atoms with Crippen LogP contribution in [0.5, 0.6) is 0 Å². The molecule has 0 saturated heterocycles. The van der Waals surface area contributed by atoms with Crippen molar-refractivity contribution in [1.82, 2.24) is 4.90 Å². The number of amides is 1. The van der Waals surface area contributed by atoms with Gasteiger partial charge in [0, 0.05) is 18.0 Å². The van der Waals surface area contributed by atoms with E-state index in [0.717, 1.165) is 16.2 Å². The van der Waals surface area contributed by atoms with Crippen molar-refractivity contribution >= 4 is 23.2 Å². The second kappa shape index (κ2) is 4.65. The molecular formula is C11H15NO3S. The lowest BCUT2D eigenvalue weighted by Crippen LogP contribution is -2.33. The van der Waals surface area contributed by atoms with E-state index in [-0.39, 0.29) is 16.8 Å².